The van der Waals surface area contributed by atoms with Gasteiger partial charge in [0.2, 0.25) is 0 Å². The third-order valence-corrected chi connectivity index (χ3v) is 5.69. The number of aromatic amines is 1. The normalized spacial score (nSPS) is 24.3. The number of rotatable bonds is 1. The number of hydrogen-bond donors (Lipinski definition) is 3. The number of aliphatic hydroxyl groups is 1. The quantitative estimate of drug-likeness (QED) is 0.503. The molecule has 1 heterocycles. The Morgan fingerprint density at radius 1 is 1.11 bits per heavy atom. The molecule has 0 spiro atoms. The van der Waals surface area contributed by atoms with Crippen LogP contribution in [-0.2, 0) is 5.41 Å². The largest absolute Gasteiger partial charge is 0.505 e. The van der Waals surface area contributed by atoms with Crippen LogP contribution in [-0.4, -0.2) is 27.0 Å². The second kappa shape index (κ2) is 5.73. The maximum absolute atomic E-state index is 14.1. The van der Waals surface area contributed by atoms with Gasteiger partial charge in [-0.3, -0.25) is 0 Å². The smallest absolute Gasteiger partial charge is 0.418 e. The van der Waals surface area contributed by atoms with E-state index in [-0.39, 0.29) is 16.8 Å². The molecule has 3 N–H and O–H groups in total. The summed E-state index contributed by atoms with van der Waals surface area (Å²) in [4.78, 5) is 2.96. The van der Waals surface area contributed by atoms with Crippen LogP contribution in [0.15, 0.2) is 42.5 Å². The summed E-state index contributed by atoms with van der Waals surface area (Å²) in [5.74, 6) is -3.11. The first-order valence-corrected chi connectivity index (χ1v) is 8.84. The molecule has 2 unspecified atom stereocenters. The molecule has 28 heavy (non-hydrogen) atoms. The topological polar surface area (TPSA) is 56.2 Å². The highest BCUT2D eigenvalue weighted by atomic mass is 19.4. The Balaban J connectivity index is 2.06. The van der Waals surface area contributed by atoms with Gasteiger partial charge >= 0.3 is 6.18 Å². The predicted molar refractivity (Wildman–Crippen MR) is 96.9 cm³/mol. The molecule has 0 saturated carbocycles. The highest BCUT2D eigenvalue weighted by Gasteiger charge is 2.64. The Labute approximate surface area is 158 Å². The van der Waals surface area contributed by atoms with Gasteiger partial charge in [-0.25, -0.2) is 4.39 Å². The molecule has 0 bridgehead atoms. The van der Waals surface area contributed by atoms with E-state index in [9.17, 15) is 27.8 Å². The molecule has 2 aromatic carbocycles. The summed E-state index contributed by atoms with van der Waals surface area (Å²) >= 11 is 0. The third-order valence-electron chi connectivity index (χ3n) is 5.69. The second-order valence-electron chi connectivity index (χ2n) is 8.09. The van der Waals surface area contributed by atoms with E-state index in [2.05, 4.69) is 4.98 Å². The maximum Gasteiger partial charge on any atom is 0.418 e. The van der Waals surface area contributed by atoms with Gasteiger partial charge in [0.1, 0.15) is 0 Å². The van der Waals surface area contributed by atoms with Crippen molar-refractivity contribution in [1.82, 2.24) is 4.98 Å². The molecular formula is C21H19F4NO2. The molecule has 3 nitrogen and oxygen atoms in total. The first-order chi connectivity index (χ1) is 13.0. The van der Waals surface area contributed by atoms with E-state index < -0.39 is 41.1 Å². The lowest BCUT2D eigenvalue weighted by molar-refractivity contribution is -0.275. The molecule has 0 fully saturated rings. The third kappa shape index (κ3) is 2.53. The number of fused-ring (bicyclic) bond motifs is 2. The molecule has 7 heteroatoms. The molecule has 1 aliphatic carbocycles. The van der Waals surface area contributed by atoms with Crippen molar-refractivity contribution in [3.05, 3.63) is 65.1 Å². The number of para-hydroxylation sites is 1. The Morgan fingerprint density at radius 2 is 1.79 bits per heavy atom. The number of halogens is 4. The van der Waals surface area contributed by atoms with Crippen molar-refractivity contribution in [2.24, 2.45) is 0 Å². The molecule has 3 aromatic rings. The fourth-order valence-corrected chi connectivity index (χ4v) is 4.59. The molecule has 1 aliphatic rings. The van der Waals surface area contributed by atoms with E-state index in [1.807, 2.05) is 0 Å². The van der Waals surface area contributed by atoms with Gasteiger partial charge in [0.05, 0.1) is 5.92 Å². The van der Waals surface area contributed by atoms with Crippen LogP contribution in [0.4, 0.5) is 17.6 Å². The molecule has 0 radical (unpaired) electrons. The molecular weight excluding hydrogens is 374 g/mol. The van der Waals surface area contributed by atoms with Crippen LogP contribution in [0.25, 0.3) is 10.9 Å². The number of phenolic OH excluding ortho intramolecular Hbond substituents is 1. The van der Waals surface area contributed by atoms with Crippen molar-refractivity contribution < 1.29 is 27.8 Å². The molecule has 0 saturated heterocycles. The van der Waals surface area contributed by atoms with Crippen molar-refractivity contribution in [3.63, 3.8) is 0 Å². The van der Waals surface area contributed by atoms with Crippen LogP contribution in [0.3, 0.4) is 0 Å². The molecule has 4 rings (SSSR count). The van der Waals surface area contributed by atoms with E-state index in [0.29, 0.717) is 10.9 Å². The standard InChI is InChI=1S/C21H19F4NO2/c1-19(2)10-20(28,21(23,24)25)16(12-7-8-13(22)18(27)17(12)19)15-9-11-5-3-4-6-14(11)26-15/h3-9,16,26-28H,10H2,1-2H3. The van der Waals surface area contributed by atoms with Gasteiger partial charge in [-0.2, -0.15) is 13.2 Å². The summed E-state index contributed by atoms with van der Waals surface area (Å²) in [6, 6.07) is 10.7. The summed E-state index contributed by atoms with van der Waals surface area (Å²) in [6.07, 6.45) is -5.65. The van der Waals surface area contributed by atoms with Crippen molar-refractivity contribution in [2.45, 2.75) is 43.4 Å². The number of aromatic hydroxyl groups is 1. The Bertz CT molecular complexity index is 1040. The van der Waals surface area contributed by atoms with Crippen LogP contribution in [0.5, 0.6) is 5.75 Å². The number of benzene rings is 2. The molecule has 148 valence electrons. The first kappa shape index (κ1) is 18.8. The lowest BCUT2D eigenvalue weighted by atomic mass is 9.60. The van der Waals surface area contributed by atoms with Gasteiger partial charge < -0.3 is 15.2 Å². The fourth-order valence-electron chi connectivity index (χ4n) is 4.59. The van der Waals surface area contributed by atoms with Crippen LogP contribution in [0.1, 0.15) is 43.0 Å². The van der Waals surface area contributed by atoms with Crippen LogP contribution < -0.4 is 0 Å². The zero-order valence-corrected chi connectivity index (χ0v) is 15.2. The van der Waals surface area contributed by atoms with E-state index in [1.165, 1.54) is 19.9 Å². The molecule has 0 amide bonds. The van der Waals surface area contributed by atoms with Crippen molar-refractivity contribution in [1.29, 1.82) is 0 Å². The zero-order valence-electron chi connectivity index (χ0n) is 15.2. The summed E-state index contributed by atoms with van der Waals surface area (Å²) < 4.78 is 56.4. The SMILES string of the molecule is CC1(C)CC(O)(C(F)(F)F)C(c2cc3ccccc3[nH]2)c2ccc(F)c(O)c21. The van der Waals surface area contributed by atoms with Crippen LogP contribution in [0.2, 0.25) is 0 Å². The average molecular weight is 393 g/mol. The minimum atomic E-state index is -4.94. The van der Waals surface area contributed by atoms with Gasteiger partial charge in [0.25, 0.3) is 0 Å². The minimum Gasteiger partial charge on any atom is -0.505 e. The Hall–Kier alpha value is -2.54. The minimum absolute atomic E-state index is 0.0570. The lowest BCUT2D eigenvalue weighted by Gasteiger charge is -2.48. The summed E-state index contributed by atoms with van der Waals surface area (Å²) in [5.41, 5.74) is -3.46. The molecule has 1 aromatic heterocycles. The van der Waals surface area contributed by atoms with Crippen molar-refractivity contribution in [3.8, 4) is 5.75 Å². The number of aromatic nitrogens is 1. The monoisotopic (exact) mass is 393 g/mol. The van der Waals surface area contributed by atoms with E-state index in [0.717, 1.165) is 6.07 Å². The average Bonchev–Trinajstić information content (AvgIpc) is 2.99. The lowest BCUT2D eigenvalue weighted by Crippen LogP contribution is -2.56. The zero-order chi connectivity index (χ0) is 20.5. The fraction of sp³-hybridized carbons (Fsp3) is 0.333. The van der Waals surface area contributed by atoms with E-state index >= 15 is 0 Å². The van der Waals surface area contributed by atoms with Crippen LogP contribution in [0, 0.1) is 5.82 Å². The number of H-pyrrole nitrogens is 1. The predicted octanol–water partition coefficient (Wildman–Crippen LogP) is 5.12. The first-order valence-electron chi connectivity index (χ1n) is 8.84. The van der Waals surface area contributed by atoms with Crippen molar-refractivity contribution >= 4 is 10.9 Å². The summed E-state index contributed by atoms with van der Waals surface area (Å²) in [6.45, 7) is 2.92. The van der Waals surface area contributed by atoms with Crippen molar-refractivity contribution in [2.75, 3.05) is 0 Å². The Morgan fingerprint density at radius 3 is 2.43 bits per heavy atom. The highest BCUT2D eigenvalue weighted by molar-refractivity contribution is 5.80. The second-order valence-corrected chi connectivity index (χ2v) is 8.09. The summed E-state index contributed by atoms with van der Waals surface area (Å²) in [7, 11) is 0. The number of nitrogens with one attached hydrogen (secondary N) is 1. The van der Waals surface area contributed by atoms with E-state index in [4.69, 9.17) is 0 Å². The molecule has 2 atom stereocenters. The van der Waals surface area contributed by atoms with Gasteiger partial charge in [-0.05, 0) is 41.0 Å². The maximum atomic E-state index is 14.1. The highest BCUT2D eigenvalue weighted by Crippen LogP contribution is 2.58. The number of alkyl halides is 3. The van der Waals surface area contributed by atoms with Crippen LogP contribution >= 0.6 is 0 Å². The molecule has 0 aliphatic heterocycles. The number of hydrogen-bond acceptors (Lipinski definition) is 2. The summed E-state index contributed by atoms with van der Waals surface area (Å²) in [5, 5.41) is 22.0. The van der Waals surface area contributed by atoms with Gasteiger partial charge in [-0.1, -0.05) is 38.1 Å². The Kier molecular flexibility index (Phi) is 3.85. The van der Waals surface area contributed by atoms with E-state index in [1.54, 1.807) is 30.3 Å². The number of phenols is 1. The van der Waals surface area contributed by atoms with Gasteiger partial charge in [0.15, 0.2) is 17.2 Å². The van der Waals surface area contributed by atoms with Gasteiger partial charge in [0, 0.05) is 16.8 Å². The van der Waals surface area contributed by atoms with Gasteiger partial charge in [-0.15, -0.1) is 0 Å².